The molecule has 0 aliphatic rings. The third-order valence-corrected chi connectivity index (χ3v) is 3.26. The molecule has 0 aromatic heterocycles. The molecule has 0 heterocycles. The Balaban J connectivity index is 2.84. The van der Waals surface area contributed by atoms with Gasteiger partial charge in [-0.1, -0.05) is 19.1 Å². The van der Waals surface area contributed by atoms with Gasteiger partial charge in [-0.05, 0) is 45.2 Å². The highest BCUT2D eigenvalue weighted by Gasteiger charge is 2.20. The highest BCUT2D eigenvalue weighted by Crippen LogP contribution is 2.25. The molecule has 0 aliphatic heterocycles. The summed E-state index contributed by atoms with van der Waals surface area (Å²) < 4.78 is 19.5. The van der Waals surface area contributed by atoms with Gasteiger partial charge < -0.3 is 15.8 Å². The normalized spacial score (nSPS) is 15.1. The third-order valence-electron chi connectivity index (χ3n) is 3.26. The molecule has 0 fully saturated rings. The largest absolute Gasteiger partial charge is 0.478 e. The number of benzene rings is 1. The van der Waals surface area contributed by atoms with Crippen LogP contribution < -0.4 is 15.8 Å². The van der Waals surface area contributed by atoms with Crippen LogP contribution in [0.5, 0.6) is 5.75 Å². The Morgan fingerprint density at radius 1 is 1.38 bits per heavy atom. The Labute approximate surface area is 125 Å². The van der Waals surface area contributed by atoms with E-state index < -0.39 is 11.9 Å². The maximum Gasteiger partial charge on any atom is 0.260 e. The molecule has 118 valence electrons. The van der Waals surface area contributed by atoms with Crippen LogP contribution in [0.1, 0.15) is 39.7 Å². The summed E-state index contributed by atoms with van der Waals surface area (Å²) in [7, 11) is 0. The minimum atomic E-state index is -0.761. The zero-order valence-electron chi connectivity index (χ0n) is 13.2. The number of para-hydroxylation sites is 1. The molecule has 4 nitrogen and oxygen atoms in total. The van der Waals surface area contributed by atoms with Crippen molar-refractivity contribution in [1.82, 2.24) is 5.32 Å². The van der Waals surface area contributed by atoms with E-state index in [-0.39, 0.29) is 23.7 Å². The monoisotopic (exact) mass is 296 g/mol. The minimum Gasteiger partial charge on any atom is -0.478 e. The molecule has 0 saturated carbocycles. The standard InChI is InChI=1S/C16H25FN2O2/c1-5-11(3)19-16(20)12(4)21-15-13(9-10(2)18)7-6-8-14(15)17/h6-8,10-12H,5,9,18H2,1-4H3,(H,19,20). The molecule has 5 heteroatoms. The number of nitrogens with two attached hydrogens (primary N) is 1. The first-order chi connectivity index (χ1) is 9.85. The van der Waals surface area contributed by atoms with Crippen LogP contribution >= 0.6 is 0 Å². The van der Waals surface area contributed by atoms with Crippen molar-refractivity contribution in [2.45, 2.75) is 58.7 Å². The summed E-state index contributed by atoms with van der Waals surface area (Å²) in [5.41, 5.74) is 6.43. The van der Waals surface area contributed by atoms with E-state index in [0.29, 0.717) is 12.0 Å². The van der Waals surface area contributed by atoms with Crippen molar-refractivity contribution < 1.29 is 13.9 Å². The number of carbonyl (C=O) groups is 1. The molecule has 3 atom stereocenters. The van der Waals surface area contributed by atoms with E-state index in [1.807, 2.05) is 20.8 Å². The van der Waals surface area contributed by atoms with Gasteiger partial charge in [0.2, 0.25) is 0 Å². The number of carbonyl (C=O) groups excluding carboxylic acids is 1. The summed E-state index contributed by atoms with van der Waals surface area (Å²) in [6.45, 7) is 7.34. The maximum absolute atomic E-state index is 14.0. The summed E-state index contributed by atoms with van der Waals surface area (Å²) in [6.07, 6.45) is 0.559. The lowest BCUT2D eigenvalue weighted by atomic mass is 10.1. The van der Waals surface area contributed by atoms with Gasteiger partial charge in [0, 0.05) is 12.1 Å². The lowest BCUT2D eigenvalue weighted by Crippen LogP contribution is -2.41. The molecule has 0 radical (unpaired) electrons. The second-order valence-electron chi connectivity index (χ2n) is 5.49. The number of halogens is 1. The van der Waals surface area contributed by atoms with Crippen molar-refractivity contribution in [2.24, 2.45) is 5.73 Å². The van der Waals surface area contributed by atoms with Crippen LogP contribution in [0, 0.1) is 5.82 Å². The Morgan fingerprint density at radius 3 is 2.62 bits per heavy atom. The van der Waals surface area contributed by atoms with Gasteiger partial charge in [0.25, 0.3) is 5.91 Å². The number of nitrogens with one attached hydrogen (secondary N) is 1. The smallest absolute Gasteiger partial charge is 0.260 e. The first-order valence-electron chi connectivity index (χ1n) is 7.35. The van der Waals surface area contributed by atoms with Gasteiger partial charge in [-0.25, -0.2) is 4.39 Å². The van der Waals surface area contributed by atoms with Crippen LogP contribution in [0.25, 0.3) is 0 Å². The van der Waals surface area contributed by atoms with Crippen LogP contribution in [0.3, 0.4) is 0 Å². The molecular formula is C16H25FN2O2. The molecule has 3 unspecified atom stereocenters. The van der Waals surface area contributed by atoms with E-state index in [1.54, 1.807) is 19.1 Å². The lowest BCUT2D eigenvalue weighted by Gasteiger charge is -2.20. The summed E-state index contributed by atoms with van der Waals surface area (Å²) in [6, 6.07) is 4.65. The average Bonchev–Trinajstić information content (AvgIpc) is 2.41. The molecular weight excluding hydrogens is 271 g/mol. The van der Waals surface area contributed by atoms with Gasteiger partial charge in [-0.2, -0.15) is 0 Å². The Hall–Kier alpha value is -1.62. The molecule has 1 amide bonds. The van der Waals surface area contributed by atoms with Crippen molar-refractivity contribution in [1.29, 1.82) is 0 Å². The van der Waals surface area contributed by atoms with Crippen molar-refractivity contribution in [3.05, 3.63) is 29.6 Å². The fourth-order valence-electron chi connectivity index (χ4n) is 1.89. The number of hydrogen-bond acceptors (Lipinski definition) is 3. The Morgan fingerprint density at radius 2 is 2.05 bits per heavy atom. The molecule has 0 spiro atoms. The van der Waals surface area contributed by atoms with Gasteiger partial charge in [0.15, 0.2) is 17.7 Å². The Kier molecular flexibility index (Phi) is 6.62. The van der Waals surface area contributed by atoms with E-state index in [1.165, 1.54) is 6.07 Å². The molecule has 0 bridgehead atoms. The zero-order chi connectivity index (χ0) is 16.0. The first kappa shape index (κ1) is 17.4. The first-order valence-corrected chi connectivity index (χ1v) is 7.35. The quantitative estimate of drug-likeness (QED) is 0.812. The van der Waals surface area contributed by atoms with Crippen LogP contribution in [0.4, 0.5) is 4.39 Å². The SMILES string of the molecule is CCC(C)NC(=O)C(C)Oc1c(F)cccc1CC(C)N. The maximum atomic E-state index is 14.0. The molecule has 1 rings (SSSR count). The summed E-state index contributed by atoms with van der Waals surface area (Å²) in [4.78, 5) is 12.0. The van der Waals surface area contributed by atoms with E-state index >= 15 is 0 Å². The van der Waals surface area contributed by atoms with Crippen molar-refractivity contribution in [3.63, 3.8) is 0 Å². The van der Waals surface area contributed by atoms with Crippen LogP contribution in [-0.4, -0.2) is 24.1 Å². The van der Waals surface area contributed by atoms with Gasteiger partial charge in [0.05, 0.1) is 0 Å². The van der Waals surface area contributed by atoms with E-state index in [9.17, 15) is 9.18 Å². The number of hydrogen-bond donors (Lipinski definition) is 2. The zero-order valence-corrected chi connectivity index (χ0v) is 13.2. The fourth-order valence-corrected chi connectivity index (χ4v) is 1.89. The van der Waals surface area contributed by atoms with E-state index in [4.69, 9.17) is 10.5 Å². The van der Waals surface area contributed by atoms with Gasteiger partial charge in [-0.3, -0.25) is 4.79 Å². The topological polar surface area (TPSA) is 64.3 Å². The number of ether oxygens (including phenoxy) is 1. The summed E-state index contributed by atoms with van der Waals surface area (Å²) in [5.74, 6) is -0.614. The molecule has 3 N–H and O–H groups in total. The summed E-state index contributed by atoms with van der Waals surface area (Å²) >= 11 is 0. The highest BCUT2D eigenvalue weighted by molar-refractivity contribution is 5.81. The number of amides is 1. The predicted octanol–water partition coefficient (Wildman–Crippen LogP) is 2.40. The molecule has 0 saturated heterocycles. The molecule has 1 aromatic carbocycles. The van der Waals surface area contributed by atoms with Crippen molar-refractivity contribution in [2.75, 3.05) is 0 Å². The Bertz CT molecular complexity index is 477. The molecule has 1 aromatic rings. The van der Waals surface area contributed by atoms with E-state index in [0.717, 1.165) is 6.42 Å². The number of rotatable bonds is 7. The van der Waals surface area contributed by atoms with Crippen molar-refractivity contribution in [3.8, 4) is 5.75 Å². The van der Waals surface area contributed by atoms with Crippen LogP contribution in [0.15, 0.2) is 18.2 Å². The predicted molar refractivity (Wildman–Crippen MR) is 81.7 cm³/mol. The van der Waals surface area contributed by atoms with E-state index in [2.05, 4.69) is 5.32 Å². The van der Waals surface area contributed by atoms with Crippen LogP contribution in [-0.2, 0) is 11.2 Å². The second kappa shape index (κ2) is 7.98. The second-order valence-corrected chi connectivity index (χ2v) is 5.49. The summed E-state index contributed by atoms with van der Waals surface area (Å²) in [5, 5.41) is 2.82. The molecule has 21 heavy (non-hydrogen) atoms. The molecule has 0 aliphatic carbocycles. The van der Waals surface area contributed by atoms with Gasteiger partial charge >= 0.3 is 0 Å². The van der Waals surface area contributed by atoms with Crippen LogP contribution in [0.2, 0.25) is 0 Å². The van der Waals surface area contributed by atoms with Gasteiger partial charge in [0.1, 0.15) is 0 Å². The highest BCUT2D eigenvalue weighted by atomic mass is 19.1. The third kappa shape index (κ3) is 5.34. The van der Waals surface area contributed by atoms with Gasteiger partial charge in [-0.15, -0.1) is 0 Å². The van der Waals surface area contributed by atoms with Crippen molar-refractivity contribution >= 4 is 5.91 Å². The fraction of sp³-hybridized carbons (Fsp3) is 0.562. The average molecular weight is 296 g/mol. The minimum absolute atomic E-state index is 0.0627. The lowest BCUT2D eigenvalue weighted by molar-refractivity contribution is -0.128.